The third kappa shape index (κ3) is 4.32. The number of thiophene rings is 1. The van der Waals surface area contributed by atoms with Crippen LogP contribution in [0.3, 0.4) is 0 Å². The van der Waals surface area contributed by atoms with Gasteiger partial charge in [0.1, 0.15) is 0 Å². The van der Waals surface area contributed by atoms with Gasteiger partial charge >= 0.3 is 0 Å². The van der Waals surface area contributed by atoms with Gasteiger partial charge in [-0.2, -0.15) is 0 Å². The highest BCUT2D eigenvalue weighted by Crippen LogP contribution is 2.27. The molecule has 2 heteroatoms. The van der Waals surface area contributed by atoms with Gasteiger partial charge in [-0.25, -0.2) is 0 Å². The van der Waals surface area contributed by atoms with E-state index in [2.05, 4.69) is 48.9 Å². The molecule has 0 saturated heterocycles. The second-order valence-corrected chi connectivity index (χ2v) is 6.56. The first-order valence-corrected chi connectivity index (χ1v) is 8.85. The van der Waals surface area contributed by atoms with Gasteiger partial charge in [-0.15, -0.1) is 11.3 Å². The smallest absolute Gasteiger partial charge is 0.0345 e. The fourth-order valence-corrected chi connectivity index (χ4v) is 3.77. The van der Waals surface area contributed by atoms with Crippen molar-refractivity contribution in [2.45, 2.75) is 57.9 Å². The van der Waals surface area contributed by atoms with Gasteiger partial charge in [-0.1, -0.05) is 57.2 Å². The van der Waals surface area contributed by atoms with E-state index < -0.39 is 0 Å². The summed E-state index contributed by atoms with van der Waals surface area (Å²) in [6.45, 7) is 2.28. The van der Waals surface area contributed by atoms with Crippen molar-refractivity contribution in [1.82, 2.24) is 5.32 Å². The van der Waals surface area contributed by atoms with E-state index in [0.717, 1.165) is 6.42 Å². The molecule has 0 amide bonds. The standard InChI is InChI=1S/C18H27NS/c1-3-4-5-6-7-10-16(19-2)13-15-14-20-18-12-9-8-11-17(15)18/h8-9,11-12,14,16,19H,3-7,10,13H2,1-2H3. The number of rotatable bonds is 9. The molecule has 1 unspecified atom stereocenters. The summed E-state index contributed by atoms with van der Waals surface area (Å²) in [4.78, 5) is 0. The Morgan fingerprint density at radius 2 is 1.90 bits per heavy atom. The molecule has 1 heterocycles. The number of unbranched alkanes of at least 4 members (excludes halogenated alkanes) is 4. The molecule has 110 valence electrons. The quantitative estimate of drug-likeness (QED) is 0.610. The van der Waals surface area contributed by atoms with E-state index in [1.165, 1.54) is 54.2 Å². The molecule has 2 aromatic rings. The topological polar surface area (TPSA) is 12.0 Å². The zero-order chi connectivity index (χ0) is 14.2. The lowest BCUT2D eigenvalue weighted by Gasteiger charge is -2.15. The summed E-state index contributed by atoms with van der Waals surface area (Å²) in [7, 11) is 2.10. The molecule has 20 heavy (non-hydrogen) atoms. The average Bonchev–Trinajstić information content (AvgIpc) is 2.89. The number of benzene rings is 1. The first kappa shape index (κ1) is 15.5. The minimum atomic E-state index is 0.620. The van der Waals surface area contributed by atoms with Crippen molar-refractivity contribution in [2.75, 3.05) is 7.05 Å². The SMILES string of the molecule is CCCCCCCC(Cc1csc2ccccc12)NC. The summed E-state index contributed by atoms with van der Waals surface area (Å²) in [5, 5.41) is 7.29. The maximum Gasteiger partial charge on any atom is 0.0345 e. The van der Waals surface area contributed by atoms with Gasteiger partial charge in [0.2, 0.25) is 0 Å². The maximum atomic E-state index is 3.50. The van der Waals surface area contributed by atoms with E-state index >= 15 is 0 Å². The summed E-state index contributed by atoms with van der Waals surface area (Å²) in [6, 6.07) is 9.39. The highest BCUT2D eigenvalue weighted by atomic mass is 32.1. The van der Waals surface area contributed by atoms with Crippen molar-refractivity contribution < 1.29 is 0 Å². The van der Waals surface area contributed by atoms with E-state index in [4.69, 9.17) is 0 Å². The van der Waals surface area contributed by atoms with Crippen molar-refractivity contribution in [3.8, 4) is 0 Å². The second kappa shape index (κ2) is 8.43. The third-order valence-electron chi connectivity index (χ3n) is 4.09. The third-order valence-corrected chi connectivity index (χ3v) is 5.10. The van der Waals surface area contributed by atoms with Crippen LogP contribution in [0.2, 0.25) is 0 Å². The Balaban J connectivity index is 1.86. The molecule has 1 atom stereocenters. The largest absolute Gasteiger partial charge is 0.317 e. The highest BCUT2D eigenvalue weighted by molar-refractivity contribution is 7.17. The molecule has 1 aromatic carbocycles. The molecule has 0 spiro atoms. The molecule has 1 N–H and O–H groups in total. The summed E-state index contributed by atoms with van der Waals surface area (Å²) in [6.07, 6.45) is 9.31. The van der Waals surface area contributed by atoms with Crippen LogP contribution in [0.5, 0.6) is 0 Å². The zero-order valence-electron chi connectivity index (χ0n) is 12.8. The van der Waals surface area contributed by atoms with Crippen molar-refractivity contribution in [1.29, 1.82) is 0 Å². The van der Waals surface area contributed by atoms with Crippen molar-refractivity contribution >= 4 is 21.4 Å². The molecule has 0 fully saturated rings. The molecule has 1 nitrogen and oxygen atoms in total. The number of hydrogen-bond acceptors (Lipinski definition) is 2. The molecule has 1 aromatic heterocycles. The van der Waals surface area contributed by atoms with Crippen LogP contribution in [-0.4, -0.2) is 13.1 Å². The molecule has 0 bridgehead atoms. The Labute approximate surface area is 127 Å². The van der Waals surface area contributed by atoms with Crippen LogP contribution in [0, 0.1) is 0 Å². The van der Waals surface area contributed by atoms with Crippen molar-refractivity contribution in [3.63, 3.8) is 0 Å². The van der Waals surface area contributed by atoms with Gasteiger partial charge in [0.25, 0.3) is 0 Å². The second-order valence-electron chi connectivity index (χ2n) is 5.65. The predicted molar refractivity (Wildman–Crippen MR) is 91.8 cm³/mol. The fourth-order valence-electron chi connectivity index (χ4n) is 2.80. The Morgan fingerprint density at radius 1 is 1.10 bits per heavy atom. The normalized spacial score (nSPS) is 12.9. The number of fused-ring (bicyclic) bond motifs is 1. The van der Waals surface area contributed by atoms with E-state index in [1.54, 1.807) is 0 Å². The van der Waals surface area contributed by atoms with Gasteiger partial charge in [-0.05, 0) is 42.3 Å². The highest BCUT2D eigenvalue weighted by Gasteiger charge is 2.10. The molecule has 0 aliphatic rings. The van der Waals surface area contributed by atoms with Crippen molar-refractivity contribution in [2.24, 2.45) is 0 Å². The Hall–Kier alpha value is -0.860. The predicted octanol–water partition coefficient (Wildman–Crippen LogP) is 5.39. The first-order valence-electron chi connectivity index (χ1n) is 7.97. The molecule has 2 rings (SSSR count). The summed E-state index contributed by atoms with van der Waals surface area (Å²) >= 11 is 1.87. The average molecular weight is 289 g/mol. The molecule has 0 radical (unpaired) electrons. The van der Waals surface area contributed by atoms with Crippen LogP contribution in [0.25, 0.3) is 10.1 Å². The van der Waals surface area contributed by atoms with Gasteiger partial charge < -0.3 is 5.32 Å². The minimum Gasteiger partial charge on any atom is -0.317 e. The Bertz CT molecular complexity index is 503. The molecular weight excluding hydrogens is 262 g/mol. The Morgan fingerprint density at radius 3 is 2.70 bits per heavy atom. The van der Waals surface area contributed by atoms with Crippen molar-refractivity contribution in [3.05, 3.63) is 35.2 Å². The van der Waals surface area contributed by atoms with Crippen LogP contribution in [-0.2, 0) is 6.42 Å². The fraction of sp³-hybridized carbons (Fsp3) is 0.556. The van der Waals surface area contributed by atoms with Crippen LogP contribution >= 0.6 is 11.3 Å². The van der Waals surface area contributed by atoms with E-state index in [0.29, 0.717) is 6.04 Å². The molecule has 0 saturated carbocycles. The van der Waals surface area contributed by atoms with Crippen LogP contribution in [0.15, 0.2) is 29.6 Å². The lowest BCUT2D eigenvalue weighted by molar-refractivity contribution is 0.483. The summed E-state index contributed by atoms with van der Waals surface area (Å²) in [5.41, 5.74) is 1.51. The molecule has 0 aliphatic carbocycles. The van der Waals surface area contributed by atoms with Gasteiger partial charge in [0.05, 0.1) is 0 Å². The zero-order valence-corrected chi connectivity index (χ0v) is 13.6. The number of hydrogen-bond donors (Lipinski definition) is 1. The van der Waals surface area contributed by atoms with Gasteiger partial charge in [0.15, 0.2) is 0 Å². The summed E-state index contributed by atoms with van der Waals surface area (Å²) in [5.74, 6) is 0. The van der Waals surface area contributed by atoms with Crippen LogP contribution in [0.1, 0.15) is 51.0 Å². The van der Waals surface area contributed by atoms with E-state index in [-0.39, 0.29) is 0 Å². The van der Waals surface area contributed by atoms with Crippen LogP contribution in [0.4, 0.5) is 0 Å². The van der Waals surface area contributed by atoms with Gasteiger partial charge in [-0.3, -0.25) is 0 Å². The van der Waals surface area contributed by atoms with Crippen LogP contribution < -0.4 is 5.32 Å². The number of likely N-dealkylation sites (N-methyl/N-ethyl adjacent to an activating group) is 1. The Kier molecular flexibility index (Phi) is 6.55. The lowest BCUT2D eigenvalue weighted by atomic mass is 9.99. The monoisotopic (exact) mass is 289 g/mol. The maximum absolute atomic E-state index is 3.50. The number of nitrogens with one attached hydrogen (secondary N) is 1. The van der Waals surface area contributed by atoms with E-state index in [9.17, 15) is 0 Å². The van der Waals surface area contributed by atoms with Gasteiger partial charge in [0, 0.05) is 10.7 Å². The molecular formula is C18H27NS. The van der Waals surface area contributed by atoms with E-state index in [1.807, 2.05) is 11.3 Å². The lowest BCUT2D eigenvalue weighted by Crippen LogP contribution is -2.27. The first-order chi connectivity index (χ1) is 9.85. The summed E-state index contributed by atoms with van der Waals surface area (Å²) < 4.78 is 1.42. The minimum absolute atomic E-state index is 0.620. The molecule has 0 aliphatic heterocycles.